The van der Waals surface area contributed by atoms with Gasteiger partial charge in [-0.15, -0.1) is 11.3 Å². The van der Waals surface area contributed by atoms with E-state index in [1.807, 2.05) is 0 Å². The number of amidine groups is 1. The maximum Gasteiger partial charge on any atom is 0.165 e. The third-order valence-corrected chi connectivity index (χ3v) is 3.01. The number of nitrogens with zero attached hydrogens (tertiary/aromatic N) is 1. The molecule has 2 rings (SSSR count). The van der Waals surface area contributed by atoms with Crippen molar-refractivity contribution in [3.8, 4) is 5.75 Å². The fourth-order valence-corrected chi connectivity index (χ4v) is 1.90. The normalized spacial score (nSPS) is 10.2. The SMILES string of the molecule is N=C(N)c1cnc(COc2ccccc2F)s1. The summed E-state index contributed by atoms with van der Waals surface area (Å²) in [7, 11) is 0. The van der Waals surface area contributed by atoms with Gasteiger partial charge in [0, 0.05) is 6.20 Å². The number of halogens is 1. The molecule has 6 heteroatoms. The number of aromatic nitrogens is 1. The summed E-state index contributed by atoms with van der Waals surface area (Å²) >= 11 is 1.26. The lowest BCUT2D eigenvalue weighted by atomic mass is 10.3. The number of para-hydroxylation sites is 1. The molecule has 0 radical (unpaired) electrons. The zero-order valence-corrected chi connectivity index (χ0v) is 9.63. The maximum absolute atomic E-state index is 13.2. The van der Waals surface area contributed by atoms with Gasteiger partial charge >= 0.3 is 0 Å². The first kappa shape index (κ1) is 11.5. The molecule has 1 aromatic carbocycles. The van der Waals surface area contributed by atoms with E-state index >= 15 is 0 Å². The van der Waals surface area contributed by atoms with Crippen LogP contribution in [-0.4, -0.2) is 10.8 Å². The van der Waals surface area contributed by atoms with E-state index in [0.29, 0.717) is 9.88 Å². The van der Waals surface area contributed by atoms with Crippen LogP contribution >= 0.6 is 11.3 Å². The van der Waals surface area contributed by atoms with E-state index in [9.17, 15) is 4.39 Å². The van der Waals surface area contributed by atoms with Gasteiger partial charge in [-0.2, -0.15) is 0 Å². The van der Waals surface area contributed by atoms with Crippen LogP contribution in [-0.2, 0) is 6.61 Å². The van der Waals surface area contributed by atoms with Crippen LogP contribution in [0.15, 0.2) is 30.5 Å². The van der Waals surface area contributed by atoms with Crippen LogP contribution in [0.25, 0.3) is 0 Å². The van der Waals surface area contributed by atoms with Gasteiger partial charge in [-0.05, 0) is 12.1 Å². The predicted octanol–water partition coefficient (Wildman–Crippen LogP) is 2.15. The molecule has 0 saturated heterocycles. The molecule has 0 aliphatic carbocycles. The number of benzene rings is 1. The topological polar surface area (TPSA) is 72.0 Å². The Morgan fingerprint density at radius 2 is 2.24 bits per heavy atom. The van der Waals surface area contributed by atoms with E-state index < -0.39 is 5.82 Å². The van der Waals surface area contributed by atoms with E-state index in [4.69, 9.17) is 15.9 Å². The van der Waals surface area contributed by atoms with Crippen molar-refractivity contribution < 1.29 is 9.13 Å². The molecule has 1 heterocycles. The minimum atomic E-state index is -0.407. The molecule has 2 aromatic rings. The lowest BCUT2D eigenvalue weighted by Crippen LogP contribution is -2.08. The zero-order chi connectivity index (χ0) is 12.3. The molecular weight excluding hydrogens is 241 g/mol. The average molecular weight is 251 g/mol. The first-order valence-electron chi connectivity index (χ1n) is 4.83. The second-order valence-corrected chi connectivity index (χ2v) is 4.37. The van der Waals surface area contributed by atoms with Gasteiger partial charge in [0.2, 0.25) is 0 Å². The average Bonchev–Trinajstić information content (AvgIpc) is 2.77. The number of nitrogen functional groups attached to an aromatic ring is 1. The van der Waals surface area contributed by atoms with Crippen LogP contribution in [0, 0.1) is 11.2 Å². The maximum atomic E-state index is 13.2. The quantitative estimate of drug-likeness (QED) is 0.646. The second kappa shape index (κ2) is 4.92. The molecule has 0 amide bonds. The highest BCUT2D eigenvalue weighted by atomic mass is 32.1. The second-order valence-electron chi connectivity index (χ2n) is 3.25. The van der Waals surface area contributed by atoms with E-state index in [1.165, 1.54) is 23.6 Å². The third kappa shape index (κ3) is 2.79. The third-order valence-electron chi connectivity index (χ3n) is 2.01. The molecule has 0 unspecified atom stereocenters. The standard InChI is InChI=1S/C11H10FN3OS/c12-7-3-1-2-4-8(7)16-6-10-15-5-9(17-10)11(13)14/h1-5H,6H2,(H3,13,14). The summed E-state index contributed by atoms with van der Waals surface area (Å²) in [6.45, 7) is 0.166. The zero-order valence-electron chi connectivity index (χ0n) is 8.81. The highest BCUT2D eigenvalue weighted by Gasteiger charge is 2.06. The number of rotatable bonds is 4. The van der Waals surface area contributed by atoms with Crippen molar-refractivity contribution in [1.29, 1.82) is 5.41 Å². The fraction of sp³-hybridized carbons (Fsp3) is 0.0909. The number of hydrogen-bond donors (Lipinski definition) is 2. The number of nitrogens with one attached hydrogen (secondary N) is 1. The van der Waals surface area contributed by atoms with E-state index in [0.717, 1.165) is 0 Å². The van der Waals surface area contributed by atoms with Crippen LogP contribution in [0.5, 0.6) is 5.75 Å². The van der Waals surface area contributed by atoms with Gasteiger partial charge in [0.1, 0.15) is 17.5 Å². The Morgan fingerprint density at radius 3 is 2.88 bits per heavy atom. The summed E-state index contributed by atoms with van der Waals surface area (Å²) in [5.74, 6) is -0.248. The van der Waals surface area contributed by atoms with E-state index in [-0.39, 0.29) is 18.2 Å². The molecule has 0 atom stereocenters. The largest absolute Gasteiger partial charge is 0.483 e. The van der Waals surface area contributed by atoms with Crippen LogP contribution in [0.4, 0.5) is 4.39 Å². The van der Waals surface area contributed by atoms with Crippen LogP contribution in [0.3, 0.4) is 0 Å². The Bertz CT molecular complexity index is 541. The molecule has 0 aliphatic heterocycles. The van der Waals surface area contributed by atoms with Crippen LogP contribution < -0.4 is 10.5 Å². The molecular formula is C11H10FN3OS. The Balaban J connectivity index is 2.02. The van der Waals surface area contributed by atoms with Gasteiger partial charge in [0.15, 0.2) is 11.6 Å². The summed E-state index contributed by atoms with van der Waals surface area (Å²) in [6.07, 6.45) is 1.51. The number of thiazole rings is 1. The molecule has 4 nitrogen and oxygen atoms in total. The first-order chi connectivity index (χ1) is 8.16. The van der Waals surface area contributed by atoms with Gasteiger partial charge in [-0.3, -0.25) is 5.41 Å². The summed E-state index contributed by atoms with van der Waals surface area (Å²) in [5.41, 5.74) is 5.31. The number of nitrogens with two attached hydrogens (primary N) is 1. The van der Waals surface area contributed by atoms with Crippen molar-refractivity contribution in [3.63, 3.8) is 0 Å². The highest BCUT2D eigenvalue weighted by molar-refractivity contribution is 7.13. The smallest absolute Gasteiger partial charge is 0.165 e. The minimum Gasteiger partial charge on any atom is -0.483 e. The minimum absolute atomic E-state index is 0.0281. The van der Waals surface area contributed by atoms with Gasteiger partial charge in [-0.1, -0.05) is 12.1 Å². The molecule has 3 N–H and O–H groups in total. The number of hydrogen-bond acceptors (Lipinski definition) is 4. The molecule has 0 saturated carbocycles. The predicted molar refractivity (Wildman–Crippen MR) is 63.9 cm³/mol. The summed E-state index contributed by atoms with van der Waals surface area (Å²) in [4.78, 5) is 4.61. The van der Waals surface area contributed by atoms with Gasteiger partial charge in [-0.25, -0.2) is 9.37 Å². The van der Waals surface area contributed by atoms with Crippen molar-refractivity contribution in [2.45, 2.75) is 6.61 Å². The van der Waals surface area contributed by atoms with E-state index in [1.54, 1.807) is 18.2 Å². The van der Waals surface area contributed by atoms with Gasteiger partial charge < -0.3 is 10.5 Å². The molecule has 1 aromatic heterocycles. The van der Waals surface area contributed by atoms with E-state index in [2.05, 4.69) is 4.98 Å². The summed E-state index contributed by atoms with van der Waals surface area (Å²) in [5, 5.41) is 7.88. The molecule has 17 heavy (non-hydrogen) atoms. The van der Waals surface area contributed by atoms with Crippen molar-refractivity contribution in [2.75, 3.05) is 0 Å². The lowest BCUT2D eigenvalue weighted by molar-refractivity contribution is 0.290. The van der Waals surface area contributed by atoms with Crippen molar-refractivity contribution in [1.82, 2.24) is 4.98 Å². The number of ether oxygens (including phenoxy) is 1. The van der Waals surface area contributed by atoms with Gasteiger partial charge in [0.05, 0.1) is 4.88 Å². The van der Waals surface area contributed by atoms with Crippen molar-refractivity contribution in [2.24, 2.45) is 5.73 Å². The fourth-order valence-electron chi connectivity index (χ4n) is 1.20. The molecule has 0 spiro atoms. The first-order valence-corrected chi connectivity index (χ1v) is 5.65. The Kier molecular flexibility index (Phi) is 3.34. The molecule has 0 bridgehead atoms. The van der Waals surface area contributed by atoms with Gasteiger partial charge in [0.25, 0.3) is 0 Å². The lowest BCUT2D eigenvalue weighted by Gasteiger charge is -2.04. The molecule has 88 valence electrons. The monoisotopic (exact) mass is 251 g/mol. The Morgan fingerprint density at radius 1 is 1.47 bits per heavy atom. The van der Waals surface area contributed by atoms with Crippen LogP contribution in [0.2, 0.25) is 0 Å². The highest BCUT2D eigenvalue weighted by Crippen LogP contribution is 2.19. The Labute approximate surface area is 101 Å². The Hall–Kier alpha value is -1.95. The molecule has 0 fully saturated rings. The molecule has 0 aliphatic rings. The van der Waals surface area contributed by atoms with Crippen LogP contribution in [0.1, 0.15) is 9.88 Å². The van der Waals surface area contributed by atoms with Crippen molar-refractivity contribution >= 4 is 17.2 Å². The summed E-state index contributed by atoms with van der Waals surface area (Å²) < 4.78 is 18.5. The summed E-state index contributed by atoms with van der Waals surface area (Å²) in [6, 6.07) is 6.17. The van der Waals surface area contributed by atoms with Crippen molar-refractivity contribution in [3.05, 3.63) is 46.2 Å².